The normalized spacial score (nSPS) is 11.6. The van der Waals surface area contributed by atoms with Crippen LogP contribution in [0.25, 0.3) is 0 Å². The third kappa shape index (κ3) is 4.35. The number of rotatable bonds is 5. The van der Waals surface area contributed by atoms with E-state index in [1.54, 1.807) is 20.8 Å². The van der Waals surface area contributed by atoms with Crippen molar-refractivity contribution in [2.24, 2.45) is 0 Å². The van der Waals surface area contributed by atoms with E-state index in [0.29, 0.717) is 17.9 Å². The SMILES string of the molecule is C=C(C)C(=C)OC(C)C(=O)OCC. The first-order chi connectivity index (χ1) is 5.99. The predicted molar refractivity (Wildman–Crippen MR) is 51.1 cm³/mol. The minimum atomic E-state index is -0.621. The summed E-state index contributed by atoms with van der Waals surface area (Å²) in [6.45, 7) is 12.7. The highest BCUT2D eigenvalue weighted by molar-refractivity contribution is 5.74. The van der Waals surface area contributed by atoms with Gasteiger partial charge in [0.05, 0.1) is 6.61 Å². The first kappa shape index (κ1) is 11.8. The Labute approximate surface area is 79.0 Å². The van der Waals surface area contributed by atoms with E-state index in [1.165, 1.54) is 0 Å². The van der Waals surface area contributed by atoms with Gasteiger partial charge < -0.3 is 9.47 Å². The molecular formula is C10H16O3. The summed E-state index contributed by atoms with van der Waals surface area (Å²) in [6, 6.07) is 0. The van der Waals surface area contributed by atoms with Crippen LogP contribution in [-0.4, -0.2) is 18.7 Å². The number of carbonyl (C=O) groups excluding carboxylic acids is 1. The highest BCUT2D eigenvalue weighted by atomic mass is 16.6. The van der Waals surface area contributed by atoms with Gasteiger partial charge in [-0.3, -0.25) is 0 Å². The Hall–Kier alpha value is -1.25. The lowest BCUT2D eigenvalue weighted by molar-refractivity contribution is -0.152. The molecule has 0 aliphatic heterocycles. The molecule has 0 saturated heterocycles. The van der Waals surface area contributed by atoms with E-state index in [1.807, 2.05) is 0 Å². The van der Waals surface area contributed by atoms with Crippen LogP contribution < -0.4 is 0 Å². The lowest BCUT2D eigenvalue weighted by Gasteiger charge is -2.14. The van der Waals surface area contributed by atoms with Gasteiger partial charge in [0.1, 0.15) is 5.76 Å². The van der Waals surface area contributed by atoms with Crippen molar-refractivity contribution in [3.63, 3.8) is 0 Å². The van der Waals surface area contributed by atoms with Gasteiger partial charge in [-0.2, -0.15) is 0 Å². The fourth-order valence-electron chi connectivity index (χ4n) is 0.622. The van der Waals surface area contributed by atoms with Gasteiger partial charge in [0.25, 0.3) is 0 Å². The summed E-state index contributed by atoms with van der Waals surface area (Å²) in [6.07, 6.45) is -0.621. The largest absolute Gasteiger partial charge is 0.479 e. The quantitative estimate of drug-likeness (QED) is 0.372. The molecule has 3 nitrogen and oxygen atoms in total. The summed E-state index contributed by atoms with van der Waals surface area (Å²) in [7, 11) is 0. The molecule has 74 valence electrons. The molecule has 0 fully saturated rings. The lowest BCUT2D eigenvalue weighted by atomic mass is 10.3. The second-order valence-electron chi connectivity index (χ2n) is 2.72. The van der Waals surface area contributed by atoms with Crippen LogP contribution in [0, 0.1) is 0 Å². The third-order valence-electron chi connectivity index (χ3n) is 1.41. The molecule has 0 radical (unpaired) electrons. The Bertz CT molecular complexity index is 218. The van der Waals surface area contributed by atoms with Gasteiger partial charge in [-0.25, -0.2) is 4.79 Å². The number of allylic oxidation sites excluding steroid dienone is 1. The van der Waals surface area contributed by atoms with Crippen molar-refractivity contribution in [3.05, 3.63) is 24.5 Å². The standard InChI is InChI=1S/C10H16O3/c1-6-12-10(11)9(5)13-8(4)7(2)3/h9H,2,4,6H2,1,3,5H3. The van der Waals surface area contributed by atoms with Crippen molar-refractivity contribution in [1.29, 1.82) is 0 Å². The van der Waals surface area contributed by atoms with Gasteiger partial charge in [0, 0.05) is 0 Å². The Morgan fingerprint density at radius 1 is 1.46 bits per heavy atom. The van der Waals surface area contributed by atoms with E-state index in [2.05, 4.69) is 13.2 Å². The molecule has 0 saturated carbocycles. The average molecular weight is 184 g/mol. The van der Waals surface area contributed by atoms with E-state index in [4.69, 9.17) is 9.47 Å². The molecule has 0 aromatic rings. The topological polar surface area (TPSA) is 35.5 Å². The summed E-state index contributed by atoms with van der Waals surface area (Å²) in [5.74, 6) is 0.0328. The Morgan fingerprint density at radius 3 is 2.38 bits per heavy atom. The van der Waals surface area contributed by atoms with E-state index >= 15 is 0 Å². The Morgan fingerprint density at radius 2 is 2.00 bits per heavy atom. The van der Waals surface area contributed by atoms with Crippen molar-refractivity contribution in [2.45, 2.75) is 26.9 Å². The maximum atomic E-state index is 11.1. The summed E-state index contributed by atoms with van der Waals surface area (Å²) >= 11 is 0. The zero-order valence-electron chi connectivity index (χ0n) is 8.42. The number of hydrogen-bond acceptors (Lipinski definition) is 3. The van der Waals surface area contributed by atoms with Gasteiger partial charge in [-0.1, -0.05) is 13.2 Å². The molecule has 3 heteroatoms. The molecule has 0 aliphatic rings. The van der Waals surface area contributed by atoms with Gasteiger partial charge in [-0.05, 0) is 26.3 Å². The van der Waals surface area contributed by atoms with E-state index in [9.17, 15) is 4.79 Å². The van der Waals surface area contributed by atoms with Crippen molar-refractivity contribution in [3.8, 4) is 0 Å². The van der Waals surface area contributed by atoms with Crippen molar-refractivity contribution < 1.29 is 14.3 Å². The molecule has 0 bridgehead atoms. The maximum Gasteiger partial charge on any atom is 0.347 e. The monoisotopic (exact) mass is 184 g/mol. The summed E-state index contributed by atoms with van der Waals surface area (Å²) in [4.78, 5) is 11.1. The molecular weight excluding hydrogens is 168 g/mol. The third-order valence-corrected chi connectivity index (χ3v) is 1.41. The molecule has 0 rings (SSSR count). The molecule has 1 atom stereocenters. The first-order valence-corrected chi connectivity index (χ1v) is 4.17. The molecule has 0 spiro atoms. The number of carbonyl (C=O) groups is 1. The summed E-state index contributed by atoms with van der Waals surface area (Å²) < 4.78 is 9.91. The number of esters is 1. The van der Waals surface area contributed by atoms with E-state index < -0.39 is 6.10 Å². The van der Waals surface area contributed by atoms with Crippen molar-refractivity contribution >= 4 is 5.97 Å². The Balaban J connectivity index is 3.99. The van der Waals surface area contributed by atoms with Crippen LogP contribution >= 0.6 is 0 Å². The molecule has 13 heavy (non-hydrogen) atoms. The van der Waals surface area contributed by atoms with E-state index in [-0.39, 0.29) is 5.97 Å². The lowest BCUT2D eigenvalue weighted by Crippen LogP contribution is -2.23. The van der Waals surface area contributed by atoms with Gasteiger partial charge in [0.15, 0.2) is 6.10 Å². The predicted octanol–water partition coefficient (Wildman–Crippen LogP) is 2.04. The van der Waals surface area contributed by atoms with Crippen LogP contribution in [-0.2, 0) is 14.3 Å². The second-order valence-corrected chi connectivity index (χ2v) is 2.72. The van der Waals surface area contributed by atoms with Gasteiger partial charge >= 0.3 is 5.97 Å². The van der Waals surface area contributed by atoms with Crippen LogP contribution in [0.15, 0.2) is 24.5 Å². The highest BCUT2D eigenvalue weighted by Crippen LogP contribution is 2.09. The van der Waals surface area contributed by atoms with Crippen LogP contribution in [0.4, 0.5) is 0 Å². The highest BCUT2D eigenvalue weighted by Gasteiger charge is 2.15. The fourth-order valence-corrected chi connectivity index (χ4v) is 0.622. The average Bonchev–Trinajstić information content (AvgIpc) is 2.04. The molecule has 1 unspecified atom stereocenters. The number of hydrogen-bond donors (Lipinski definition) is 0. The molecule has 0 aliphatic carbocycles. The van der Waals surface area contributed by atoms with Crippen molar-refractivity contribution in [2.75, 3.05) is 6.61 Å². The Kier molecular flexibility index (Phi) is 4.89. The minimum absolute atomic E-state index is 0.353. The number of ether oxygens (including phenoxy) is 2. The molecule has 0 amide bonds. The summed E-state index contributed by atoms with van der Waals surface area (Å²) in [5, 5.41) is 0. The first-order valence-electron chi connectivity index (χ1n) is 4.17. The second kappa shape index (κ2) is 5.41. The fraction of sp³-hybridized carbons (Fsp3) is 0.500. The summed E-state index contributed by atoms with van der Waals surface area (Å²) in [5.41, 5.74) is 0.705. The van der Waals surface area contributed by atoms with Gasteiger partial charge in [-0.15, -0.1) is 0 Å². The zero-order valence-corrected chi connectivity index (χ0v) is 8.42. The molecule has 0 aromatic heterocycles. The molecule has 0 aromatic carbocycles. The maximum absolute atomic E-state index is 11.1. The molecule has 0 heterocycles. The van der Waals surface area contributed by atoms with Crippen molar-refractivity contribution in [1.82, 2.24) is 0 Å². The smallest absolute Gasteiger partial charge is 0.347 e. The van der Waals surface area contributed by atoms with Crippen LogP contribution in [0.3, 0.4) is 0 Å². The van der Waals surface area contributed by atoms with Crippen LogP contribution in [0.1, 0.15) is 20.8 Å². The van der Waals surface area contributed by atoms with Crippen LogP contribution in [0.2, 0.25) is 0 Å². The van der Waals surface area contributed by atoms with Gasteiger partial charge in [0.2, 0.25) is 0 Å². The van der Waals surface area contributed by atoms with Crippen LogP contribution in [0.5, 0.6) is 0 Å². The minimum Gasteiger partial charge on any atom is -0.479 e. The van der Waals surface area contributed by atoms with E-state index in [0.717, 1.165) is 0 Å². The molecule has 0 N–H and O–H groups in total. The zero-order chi connectivity index (χ0) is 10.4.